The van der Waals surface area contributed by atoms with Gasteiger partial charge in [0.15, 0.2) is 0 Å². The molecule has 0 radical (unpaired) electrons. The fourth-order valence-electron chi connectivity index (χ4n) is 3.08. The number of hydrogen-bond acceptors (Lipinski definition) is 4. The number of non-ortho nitro benzene ring substituents is 1. The van der Waals surface area contributed by atoms with Crippen LogP contribution in [0.25, 0.3) is 0 Å². The fraction of sp³-hybridized carbons (Fsp3) is 0.278. The van der Waals surface area contributed by atoms with E-state index >= 15 is 0 Å². The quantitative estimate of drug-likeness (QED) is 0.668. The second-order valence-corrected chi connectivity index (χ2v) is 5.92. The van der Waals surface area contributed by atoms with E-state index in [9.17, 15) is 14.9 Å². The number of rotatable bonds is 4. The zero-order valence-electron chi connectivity index (χ0n) is 13.4. The molecule has 0 spiro atoms. The second kappa shape index (κ2) is 6.80. The van der Waals surface area contributed by atoms with E-state index in [4.69, 9.17) is 0 Å². The number of aryl methyl sites for hydroxylation is 1. The molecule has 1 unspecified atom stereocenters. The summed E-state index contributed by atoms with van der Waals surface area (Å²) in [5, 5.41) is 17.1. The Labute approximate surface area is 140 Å². The summed E-state index contributed by atoms with van der Waals surface area (Å²) in [6.45, 7) is 3.07. The first-order valence-electron chi connectivity index (χ1n) is 7.90. The van der Waals surface area contributed by atoms with Gasteiger partial charge < -0.3 is 10.6 Å². The maximum Gasteiger partial charge on any atom is 0.269 e. The lowest BCUT2D eigenvalue weighted by molar-refractivity contribution is -0.384. The number of carbonyl (C=O) groups is 1. The van der Waals surface area contributed by atoms with E-state index in [0.717, 1.165) is 13.0 Å². The van der Waals surface area contributed by atoms with E-state index in [0.29, 0.717) is 17.7 Å². The smallest absolute Gasteiger partial charge is 0.269 e. The van der Waals surface area contributed by atoms with E-state index < -0.39 is 4.92 Å². The van der Waals surface area contributed by atoms with Crippen molar-refractivity contribution in [2.45, 2.75) is 19.4 Å². The summed E-state index contributed by atoms with van der Waals surface area (Å²) in [4.78, 5) is 22.7. The minimum atomic E-state index is -0.461. The van der Waals surface area contributed by atoms with Gasteiger partial charge in [-0.15, -0.1) is 0 Å². The van der Waals surface area contributed by atoms with Crippen LogP contribution in [-0.4, -0.2) is 23.9 Å². The maximum absolute atomic E-state index is 12.4. The third-order valence-corrected chi connectivity index (χ3v) is 4.35. The molecule has 1 aliphatic rings. The van der Waals surface area contributed by atoms with Crippen molar-refractivity contribution in [3.8, 4) is 0 Å². The summed E-state index contributed by atoms with van der Waals surface area (Å²) >= 11 is 0. The number of fused-ring (bicyclic) bond motifs is 1. The standard InChI is InChI=1S/C18H19N3O3/c1-12-10-14(21(23)24)6-7-15(12)18(22)20-11-17-16-5-3-2-4-13(16)8-9-19-17/h2-7,10,17,19H,8-9,11H2,1H3,(H,20,22). The molecule has 0 bridgehead atoms. The molecule has 0 aliphatic carbocycles. The molecule has 2 N–H and O–H groups in total. The second-order valence-electron chi connectivity index (χ2n) is 5.92. The molecular weight excluding hydrogens is 306 g/mol. The Morgan fingerprint density at radius 3 is 2.88 bits per heavy atom. The van der Waals surface area contributed by atoms with Crippen LogP contribution >= 0.6 is 0 Å². The summed E-state index contributed by atoms with van der Waals surface area (Å²) in [7, 11) is 0. The van der Waals surface area contributed by atoms with Crippen molar-refractivity contribution in [1.82, 2.24) is 10.6 Å². The van der Waals surface area contributed by atoms with Crippen molar-refractivity contribution < 1.29 is 9.72 Å². The number of nitrogens with zero attached hydrogens (tertiary/aromatic N) is 1. The van der Waals surface area contributed by atoms with Crippen molar-refractivity contribution in [3.05, 3.63) is 74.8 Å². The van der Waals surface area contributed by atoms with Crippen molar-refractivity contribution in [2.24, 2.45) is 0 Å². The molecule has 0 saturated carbocycles. The van der Waals surface area contributed by atoms with Crippen molar-refractivity contribution in [3.63, 3.8) is 0 Å². The van der Waals surface area contributed by atoms with Crippen LogP contribution in [0.1, 0.15) is 33.1 Å². The van der Waals surface area contributed by atoms with Crippen LogP contribution in [0, 0.1) is 17.0 Å². The molecule has 1 heterocycles. The Hall–Kier alpha value is -2.73. The molecule has 2 aromatic carbocycles. The summed E-state index contributed by atoms with van der Waals surface area (Å²) in [5.41, 5.74) is 3.57. The van der Waals surface area contributed by atoms with Crippen molar-refractivity contribution >= 4 is 11.6 Å². The van der Waals surface area contributed by atoms with Crippen molar-refractivity contribution in [2.75, 3.05) is 13.1 Å². The fourth-order valence-corrected chi connectivity index (χ4v) is 3.08. The molecule has 6 heteroatoms. The first kappa shape index (κ1) is 16.1. The highest BCUT2D eigenvalue weighted by Gasteiger charge is 2.20. The van der Waals surface area contributed by atoms with Crippen LogP contribution in [0.15, 0.2) is 42.5 Å². The topological polar surface area (TPSA) is 84.3 Å². The molecular formula is C18H19N3O3. The molecule has 1 amide bonds. The Balaban J connectivity index is 1.70. The number of nitro groups is 1. The minimum Gasteiger partial charge on any atom is -0.350 e. The van der Waals surface area contributed by atoms with Gasteiger partial charge in [0.1, 0.15) is 0 Å². The lowest BCUT2D eigenvalue weighted by Gasteiger charge is -2.27. The van der Waals surface area contributed by atoms with Crippen molar-refractivity contribution in [1.29, 1.82) is 0 Å². The van der Waals surface area contributed by atoms with Crippen LogP contribution in [0.3, 0.4) is 0 Å². The van der Waals surface area contributed by atoms with Gasteiger partial charge in [0.25, 0.3) is 11.6 Å². The SMILES string of the molecule is Cc1cc([N+](=O)[O-])ccc1C(=O)NCC1NCCc2ccccc21. The summed E-state index contributed by atoms with van der Waals surface area (Å²) in [6, 6.07) is 12.6. The predicted octanol–water partition coefficient (Wildman–Crippen LogP) is 2.52. The Morgan fingerprint density at radius 2 is 2.12 bits per heavy atom. The molecule has 0 fully saturated rings. The average Bonchev–Trinajstić information content (AvgIpc) is 2.59. The molecule has 6 nitrogen and oxygen atoms in total. The highest BCUT2D eigenvalue weighted by molar-refractivity contribution is 5.95. The molecule has 0 saturated heterocycles. The molecule has 24 heavy (non-hydrogen) atoms. The minimum absolute atomic E-state index is 0.00748. The molecule has 1 aliphatic heterocycles. The number of carbonyl (C=O) groups excluding carboxylic acids is 1. The normalized spacial score (nSPS) is 16.3. The lowest BCUT2D eigenvalue weighted by atomic mass is 9.94. The zero-order chi connectivity index (χ0) is 17.1. The monoisotopic (exact) mass is 325 g/mol. The summed E-state index contributed by atoms with van der Waals surface area (Å²) in [6.07, 6.45) is 0.988. The highest BCUT2D eigenvalue weighted by atomic mass is 16.6. The Morgan fingerprint density at radius 1 is 1.33 bits per heavy atom. The predicted molar refractivity (Wildman–Crippen MR) is 91.1 cm³/mol. The maximum atomic E-state index is 12.4. The van der Waals surface area contributed by atoms with Gasteiger partial charge in [-0.1, -0.05) is 24.3 Å². The molecule has 124 valence electrons. The van der Waals surface area contributed by atoms with Gasteiger partial charge in [-0.3, -0.25) is 14.9 Å². The zero-order valence-corrected chi connectivity index (χ0v) is 13.4. The molecule has 1 atom stereocenters. The third kappa shape index (κ3) is 3.28. The first-order chi connectivity index (χ1) is 11.6. The van der Waals surface area contributed by atoms with Crippen LogP contribution in [0.2, 0.25) is 0 Å². The largest absolute Gasteiger partial charge is 0.350 e. The van der Waals surface area contributed by atoms with Gasteiger partial charge in [0.05, 0.1) is 4.92 Å². The number of amides is 1. The van der Waals surface area contributed by atoms with E-state index in [1.165, 1.54) is 29.3 Å². The number of nitro benzene ring substituents is 1. The highest BCUT2D eigenvalue weighted by Crippen LogP contribution is 2.22. The van der Waals surface area contributed by atoms with Gasteiger partial charge >= 0.3 is 0 Å². The van der Waals surface area contributed by atoms with Gasteiger partial charge in [0.2, 0.25) is 0 Å². The van der Waals surface area contributed by atoms with E-state index in [-0.39, 0.29) is 17.6 Å². The number of benzene rings is 2. The summed E-state index contributed by atoms with van der Waals surface area (Å²) < 4.78 is 0. The molecule has 2 aromatic rings. The first-order valence-corrected chi connectivity index (χ1v) is 7.90. The Bertz CT molecular complexity index is 789. The van der Waals surface area contributed by atoms with Gasteiger partial charge in [-0.05, 0) is 42.6 Å². The van der Waals surface area contributed by atoms with E-state index in [2.05, 4.69) is 22.8 Å². The number of hydrogen-bond donors (Lipinski definition) is 2. The van der Waals surface area contributed by atoms with Gasteiger partial charge in [0, 0.05) is 30.3 Å². The summed E-state index contributed by atoms with van der Waals surface area (Å²) in [5.74, 6) is -0.216. The third-order valence-electron chi connectivity index (χ3n) is 4.35. The van der Waals surface area contributed by atoms with E-state index in [1.807, 2.05) is 12.1 Å². The number of nitrogens with one attached hydrogen (secondary N) is 2. The lowest BCUT2D eigenvalue weighted by Crippen LogP contribution is -2.39. The van der Waals surface area contributed by atoms with Gasteiger partial charge in [-0.2, -0.15) is 0 Å². The molecule has 3 rings (SSSR count). The average molecular weight is 325 g/mol. The van der Waals surface area contributed by atoms with Crippen LogP contribution in [-0.2, 0) is 6.42 Å². The van der Waals surface area contributed by atoms with E-state index in [1.54, 1.807) is 6.92 Å². The Kier molecular flexibility index (Phi) is 4.57. The van der Waals surface area contributed by atoms with Crippen LogP contribution in [0.5, 0.6) is 0 Å². The molecule has 0 aromatic heterocycles. The van der Waals surface area contributed by atoms with Crippen LogP contribution < -0.4 is 10.6 Å². The van der Waals surface area contributed by atoms with Crippen LogP contribution in [0.4, 0.5) is 5.69 Å². The van der Waals surface area contributed by atoms with Gasteiger partial charge in [-0.25, -0.2) is 0 Å².